The van der Waals surface area contributed by atoms with Gasteiger partial charge >= 0.3 is 7.12 Å². The van der Waals surface area contributed by atoms with E-state index in [1.807, 2.05) is 13.8 Å². The van der Waals surface area contributed by atoms with Crippen molar-refractivity contribution in [3.63, 3.8) is 0 Å². The fraction of sp³-hybridized carbons (Fsp3) is 0.500. The van der Waals surface area contributed by atoms with Crippen molar-refractivity contribution in [3.05, 3.63) is 12.1 Å². The Hall–Kier alpha value is -1.27. The fourth-order valence-electron chi connectivity index (χ4n) is 1.13. The Morgan fingerprint density at radius 1 is 1.38 bits per heavy atom. The molecule has 0 unspecified atom stereocenters. The van der Waals surface area contributed by atoms with Crippen LogP contribution in [0.3, 0.4) is 0 Å². The highest BCUT2D eigenvalue weighted by Gasteiger charge is 2.18. The number of hydrogen-bond donors (Lipinski definition) is 2. The molecule has 6 heteroatoms. The summed E-state index contributed by atoms with van der Waals surface area (Å²) in [6, 6.07) is 3.10. The van der Waals surface area contributed by atoms with E-state index in [9.17, 15) is 0 Å². The molecule has 16 heavy (non-hydrogen) atoms. The number of nitrogens with zero attached hydrogens (tertiary/aromatic N) is 1. The predicted octanol–water partition coefficient (Wildman–Crippen LogP) is -0.195. The second kappa shape index (κ2) is 5.72. The van der Waals surface area contributed by atoms with Gasteiger partial charge in [-0.2, -0.15) is 4.98 Å². The third kappa shape index (κ3) is 3.39. The summed E-state index contributed by atoms with van der Waals surface area (Å²) in [6.45, 7) is 4.61. The van der Waals surface area contributed by atoms with Gasteiger partial charge in [-0.05, 0) is 5.92 Å². The van der Waals surface area contributed by atoms with Crippen LogP contribution >= 0.6 is 0 Å². The highest BCUT2D eigenvalue weighted by molar-refractivity contribution is 6.59. The number of pyridine rings is 1. The van der Waals surface area contributed by atoms with Crippen LogP contribution in [0.2, 0.25) is 0 Å². The van der Waals surface area contributed by atoms with Gasteiger partial charge < -0.3 is 19.5 Å². The van der Waals surface area contributed by atoms with Gasteiger partial charge in [0.1, 0.15) is 0 Å². The summed E-state index contributed by atoms with van der Waals surface area (Å²) in [7, 11) is -0.179. The first-order valence-corrected chi connectivity index (χ1v) is 5.08. The van der Waals surface area contributed by atoms with E-state index < -0.39 is 7.12 Å². The minimum Gasteiger partial charge on any atom is -0.481 e. The standard InChI is InChI=1S/C10H16BNO4/c1-7(2)6-16-9-5-4-8(11(13)14)10(12-9)15-3/h4-5,7,13-14H,6H2,1-3H3. The van der Waals surface area contributed by atoms with E-state index in [-0.39, 0.29) is 11.3 Å². The Balaban J connectivity index is 2.82. The van der Waals surface area contributed by atoms with Crippen molar-refractivity contribution in [2.75, 3.05) is 13.7 Å². The van der Waals surface area contributed by atoms with Crippen molar-refractivity contribution < 1.29 is 19.5 Å². The van der Waals surface area contributed by atoms with Crippen LogP contribution in [-0.4, -0.2) is 35.9 Å². The van der Waals surface area contributed by atoms with E-state index in [4.69, 9.17) is 19.5 Å². The number of methoxy groups -OCH3 is 1. The second-order valence-corrected chi connectivity index (χ2v) is 3.83. The van der Waals surface area contributed by atoms with Gasteiger partial charge in [0.15, 0.2) is 0 Å². The highest BCUT2D eigenvalue weighted by atomic mass is 16.5. The van der Waals surface area contributed by atoms with Gasteiger partial charge in [0.25, 0.3) is 0 Å². The summed E-state index contributed by atoms with van der Waals surface area (Å²) in [4.78, 5) is 4.02. The van der Waals surface area contributed by atoms with Gasteiger partial charge in [-0.15, -0.1) is 0 Å². The molecular weight excluding hydrogens is 209 g/mol. The topological polar surface area (TPSA) is 71.8 Å². The van der Waals surface area contributed by atoms with Gasteiger partial charge in [-0.1, -0.05) is 19.9 Å². The Bertz CT molecular complexity index is 344. The minimum atomic E-state index is -1.60. The van der Waals surface area contributed by atoms with Crippen molar-refractivity contribution >= 4 is 12.6 Å². The van der Waals surface area contributed by atoms with Gasteiger partial charge in [0, 0.05) is 11.5 Å². The van der Waals surface area contributed by atoms with E-state index in [0.717, 1.165) is 0 Å². The number of rotatable bonds is 5. The molecule has 1 aromatic rings. The molecule has 0 amide bonds. The van der Waals surface area contributed by atoms with Crippen LogP contribution in [0.4, 0.5) is 0 Å². The molecule has 0 spiro atoms. The molecule has 0 aliphatic carbocycles. The quantitative estimate of drug-likeness (QED) is 0.679. The molecule has 0 radical (unpaired) electrons. The molecule has 5 nitrogen and oxygen atoms in total. The van der Waals surface area contributed by atoms with E-state index in [2.05, 4.69) is 4.98 Å². The summed E-state index contributed by atoms with van der Waals surface area (Å²) in [5, 5.41) is 18.1. The number of hydrogen-bond acceptors (Lipinski definition) is 5. The Kier molecular flexibility index (Phi) is 4.58. The fourth-order valence-corrected chi connectivity index (χ4v) is 1.13. The third-order valence-corrected chi connectivity index (χ3v) is 1.90. The molecule has 0 aliphatic rings. The molecule has 88 valence electrons. The van der Waals surface area contributed by atoms with Gasteiger partial charge in [-0.25, -0.2) is 0 Å². The average Bonchev–Trinajstić information content (AvgIpc) is 2.25. The lowest BCUT2D eigenvalue weighted by atomic mass is 9.81. The number of aromatic nitrogens is 1. The maximum absolute atomic E-state index is 9.04. The zero-order valence-electron chi connectivity index (χ0n) is 9.67. The van der Waals surface area contributed by atoms with Crippen molar-refractivity contribution in [1.29, 1.82) is 0 Å². The molecule has 0 aliphatic heterocycles. The molecular formula is C10H16BNO4. The average molecular weight is 225 g/mol. The minimum absolute atomic E-state index is 0.163. The molecule has 1 rings (SSSR count). The Morgan fingerprint density at radius 3 is 2.56 bits per heavy atom. The van der Waals surface area contributed by atoms with E-state index >= 15 is 0 Å². The second-order valence-electron chi connectivity index (χ2n) is 3.83. The van der Waals surface area contributed by atoms with Gasteiger partial charge in [-0.3, -0.25) is 0 Å². The normalized spacial score (nSPS) is 10.4. The smallest absolute Gasteiger partial charge is 0.481 e. The largest absolute Gasteiger partial charge is 0.494 e. The maximum atomic E-state index is 9.04. The van der Waals surface area contributed by atoms with Gasteiger partial charge in [0.2, 0.25) is 11.8 Å². The van der Waals surface area contributed by atoms with Crippen LogP contribution < -0.4 is 14.9 Å². The zero-order chi connectivity index (χ0) is 12.1. The SMILES string of the molecule is COc1nc(OCC(C)C)ccc1B(O)O. The summed E-state index contributed by atoms with van der Waals surface area (Å²) in [5.74, 6) is 0.974. The van der Waals surface area contributed by atoms with Crippen LogP contribution in [0.1, 0.15) is 13.8 Å². The first kappa shape index (κ1) is 12.8. The number of ether oxygens (including phenoxy) is 2. The van der Waals surface area contributed by atoms with Crippen molar-refractivity contribution in [2.24, 2.45) is 5.92 Å². The van der Waals surface area contributed by atoms with Crippen molar-refractivity contribution in [3.8, 4) is 11.8 Å². The summed E-state index contributed by atoms with van der Waals surface area (Å²) >= 11 is 0. The van der Waals surface area contributed by atoms with Crippen molar-refractivity contribution in [2.45, 2.75) is 13.8 Å². The first-order chi connectivity index (χ1) is 7.54. The molecule has 0 saturated heterocycles. The molecule has 0 aromatic carbocycles. The van der Waals surface area contributed by atoms with Gasteiger partial charge in [0.05, 0.1) is 13.7 Å². The highest BCUT2D eigenvalue weighted by Crippen LogP contribution is 2.12. The molecule has 0 atom stereocenters. The molecule has 0 bridgehead atoms. The lowest BCUT2D eigenvalue weighted by Crippen LogP contribution is -2.31. The lowest BCUT2D eigenvalue weighted by molar-refractivity contribution is 0.257. The molecule has 2 N–H and O–H groups in total. The zero-order valence-corrected chi connectivity index (χ0v) is 9.67. The summed E-state index contributed by atoms with van der Waals surface area (Å²) in [5.41, 5.74) is 0.222. The summed E-state index contributed by atoms with van der Waals surface area (Å²) < 4.78 is 10.3. The van der Waals surface area contributed by atoms with Crippen molar-refractivity contribution in [1.82, 2.24) is 4.98 Å². The molecule has 0 fully saturated rings. The van der Waals surface area contributed by atoms with Crippen LogP contribution in [0.25, 0.3) is 0 Å². The van der Waals surface area contributed by atoms with E-state index in [1.165, 1.54) is 13.2 Å². The molecule has 1 heterocycles. The Morgan fingerprint density at radius 2 is 2.06 bits per heavy atom. The van der Waals surface area contributed by atoms with E-state index in [0.29, 0.717) is 18.4 Å². The third-order valence-electron chi connectivity index (χ3n) is 1.90. The van der Waals surface area contributed by atoms with E-state index in [1.54, 1.807) is 6.07 Å². The van der Waals surface area contributed by atoms with Crippen LogP contribution in [0.15, 0.2) is 12.1 Å². The Labute approximate surface area is 95.2 Å². The maximum Gasteiger partial charge on any atom is 0.494 e. The summed E-state index contributed by atoms with van der Waals surface area (Å²) in [6.07, 6.45) is 0. The van der Waals surface area contributed by atoms with Crippen LogP contribution in [-0.2, 0) is 0 Å². The van der Waals surface area contributed by atoms with Crippen LogP contribution in [0.5, 0.6) is 11.8 Å². The van der Waals surface area contributed by atoms with Crippen LogP contribution in [0, 0.1) is 5.92 Å². The monoisotopic (exact) mass is 225 g/mol. The lowest BCUT2D eigenvalue weighted by Gasteiger charge is -2.11. The first-order valence-electron chi connectivity index (χ1n) is 5.08. The predicted molar refractivity (Wildman–Crippen MR) is 60.9 cm³/mol. The molecule has 1 aromatic heterocycles. The molecule has 0 saturated carbocycles.